The van der Waals surface area contributed by atoms with Gasteiger partial charge in [0.05, 0.1) is 11.9 Å². The molecule has 0 fully saturated rings. The summed E-state index contributed by atoms with van der Waals surface area (Å²) in [5.41, 5.74) is 0. The van der Waals surface area contributed by atoms with Gasteiger partial charge in [0.1, 0.15) is 0 Å². The first-order valence-electron chi connectivity index (χ1n) is 3.23. The Kier molecular flexibility index (Phi) is 19.5. The van der Waals surface area contributed by atoms with Gasteiger partial charge in [-0.05, 0) is 14.1 Å². The summed E-state index contributed by atoms with van der Waals surface area (Å²) in [5, 5.41) is 23.7. The zero-order valence-corrected chi connectivity index (χ0v) is 8.50. The molecule has 0 aliphatic carbocycles. The molecule has 0 aromatic heterocycles. The van der Waals surface area contributed by atoms with Crippen molar-refractivity contribution in [2.75, 3.05) is 27.2 Å². The minimum absolute atomic E-state index is 0. The van der Waals surface area contributed by atoms with Crippen molar-refractivity contribution in [3.05, 3.63) is 0 Å². The molecule has 0 atom stereocenters. The van der Waals surface area contributed by atoms with Crippen LogP contribution in [0.1, 0.15) is 0 Å². The van der Waals surface area contributed by atoms with Gasteiger partial charge in [-0.3, -0.25) is 0 Å². The summed E-state index contributed by atoms with van der Waals surface area (Å²) < 4.78 is 0. The maximum absolute atomic E-state index is 9.43. The van der Waals surface area contributed by atoms with E-state index in [9.17, 15) is 19.8 Å². The zero-order chi connectivity index (χ0) is 9.98. The number of carbonyl (C=O) groups is 2. The molecule has 78 valence electrons. The average Bonchev–Trinajstić information content (AvgIpc) is 1.87. The minimum atomic E-state index is -1.07. The molecule has 0 aliphatic heterocycles. The van der Waals surface area contributed by atoms with E-state index in [4.69, 9.17) is 0 Å². The molecular weight excluding hydrogens is 220 g/mol. The van der Waals surface area contributed by atoms with E-state index in [1.165, 1.54) is 0 Å². The third kappa shape index (κ3) is 34.6. The second-order valence-corrected chi connectivity index (χ2v) is 1.80. The van der Waals surface area contributed by atoms with E-state index in [2.05, 4.69) is 10.6 Å². The Morgan fingerprint density at radius 1 is 1.00 bits per heavy atom. The Morgan fingerprint density at radius 3 is 1.23 bits per heavy atom. The van der Waals surface area contributed by atoms with E-state index < -0.39 is 11.9 Å². The van der Waals surface area contributed by atoms with Crippen LogP contribution in [-0.2, 0) is 26.7 Å². The number of hydrogen-bond donors (Lipinski definition) is 2. The molecule has 0 bridgehead atoms. The van der Waals surface area contributed by atoms with Crippen molar-refractivity contribution >= 4 is 11.9 Å². The van der Waals surface area contributed by atoms with Crippen molar-refractivity contribution < 1.29 is 36.9 Å². The number of carbonyl (C=O) groups excluding carboxylic acids is 2. The standard InChI is InChI=1S/2C3H7NO2.Fe/c2*1-4-2-3(5)6;/h2*4H,2H2,1H3,(H,5,6);/q;;+2/p-2. The van der Waals surface area contributed by atoms with Crippen LogP contribution >= 0.6 is 0 Å². The zero-order valence-electron chi connectivity index (χ0n) is 7.40. The smallest absolute Gasteiger partial charge is 0.549 e. The molecule has 0 saturated carbocycles. The van der Waals surface area contributed by atoms with E-state index in [-0.39, 0.29) is 30.2 Å². The van der Waals surface area contributed by atoms with Crippen molar-refractivity contribution in [2.45, 2.75) is 0 Å². The predicted octanol–water partition coefficient (Wildman–Crippen LogP) is -4.09. The first-order chi connectivity index (χ1) is 5.54. The van der Waals surface area contributed by atoms with Gasteiger partial charge in [-0.15, -0.1) is 0 Å². The van der Waals surface area contributed by atoms with Gasteiger partial charge in [-0.2, -0.15) is 0 Å². The molecule has 6 nitrogen and oxygen atoms in total. The van der Waals surface area contributed by atoms with Gasteiger partial charge < -0.3 is 30.4 Å². The fourth-order valence-corrected chi connectivity index (χ4v) is 0.289. The van der Waals surface area contributed by atoms with Gasteiger partial charge in [0.2, 0.25) is 0 Å². The van der Waals surface area contributed by atoms with Crippen molar-refractivity contribution in [3.8, 4) is 0 Å². The summed E-state index contributed by atoms with van der Waals surface area (Å²) >= 11 is 0. The van der Waals surface area contributed by atoms with Gasteiger partial charge >= 0.3 is 17.1 Å². The monoisotopic (exact) mass is 232 g/mol. The molecule has 0 aromatic carbocycles. The molecule has 0 amide bonds. The van der Waals surface area contributed by atoms with Crippen LogP contribution in [0, 0.1) is 0 Å². The Morgan fingerprint density at radius 2 is 1.23 bits per heavy atom. The number of carboxylic acids is 2. The Balaban J connectivity index is -0.000000143. The molecule has 0 heterocycles. The number of rotatable bonds is 4. The molecular formula is C6H12FeN2O4. The summed E-state index contributed by atoms with van der Waals surface area (Å²) in [6.07, 6.45) is 0. The summed E-state index contributed by atoms with van der Waals surface area (Å²) in [6.45, 7) is -0.139. The van der Waals surface area contributed by atoms with Crippen molar-refractivity contribution in [3.63, 3.8) is 0 Å². The van der Waals surface area contributed by atoms with Crippen molar-refractivity contribution in [1.82, 2.24) is 10.6 Å². The molecule has 0 radical (unpaired) electrons. The number of aliphatic carboxylic acids is 2. The van der Waals surface area contributed by atoms with Gasteiger partial charge in [0.25, 0.3) is 0 Å². The molecule has 13 heavy (non-hydrogen) atoms. The molecule has 0 rings (SSSR count). The normalized spacial score (nSPS) is 7.54. The average molecular weight is 232 g/mol. The summed E-state index contributed by atoms with van der Waals surface area (Å²) in [4.78, 5) is 18.9. The number of carboxylic acid groups (broad SMARTS) is 2. The third-order valence-electron chi connectivity index (χ3n) is 0.642. The van der Waals surface area contributed by atoms with E-state index in [0.717, 1.165) is 0 Å². The third-order valence-corrected chi connectivity index (χ3v) is 0.642. The van der Waals surface area contributed by atoms with Crippen LogP contribution in [0.5, 0.6) is 0 Å². The largest absolute Gasteiger partial charge is 2.00 e. The van der Waals surface area contributed by atoms with Gasteiger partial charge in [-0.1, -0.05) is 0 Å². The molecule has 7 heteroatoms. The van der Waals surface area contributed by atoms with E-state index >= 15 is 0 Å². The number of hydrogen-bond acceptors (Lipinski definition) is 6. The number of likely N-dealkylation sites (N-methyl/N-ethyl adjacent to an activating group) is 2. The van der Waals surface area contributed by atoms with Gasteiger partial charge in [0, 0.05) is 13.1 Å². The fraction of sp³-hybridized carbons (Fsp3) is 0.667. The van der Waals surface area contributed by atoms with Crippen molar-refractivity contribution in [2.24, 2.45) is 0 Å². The second kappa shape index (κ2) is 13.9. The Hall–Kier alpha value is -0.621. The maximum atomic E-state index is 9.43. The predicted molar refractivity (Wildman–Crippen MR) is 37.9 cm³/mol. The van der Waals surface area contributed by atoms with Crippen LogP contribution in [-0.4, -0.2) is 39.1 Å². The van der Waals surface area contributed by atoms with Gasteiger partial charge in [-0.25, -0.2) is 0 Å². The first-order valence-corrected chi connectivity index (χ1v) is 3.23. The SMILES string of the molecule is CNCC(=O)[O-].CNCC(=O)[O-].[Fe+2]. The van der Waals surface area contributed by atoms with Crippen LogP contribution in [0.2, 0.25) is 0 Å². The molecule has 0 unspecified atom stereocenters. The summed E-state index contributed by atoms with van der Waals surface area (Å²) in [5.74, 6) is -2.14. The molecule has 0 aliphatic rings. The number of nitrogens with one attached hydrogen (secondary N) is 2. The molecule has 0 aromatic rings. The minimum Gasteiger partial charge on any atom is -0.549 e. The quantitative estimate of drug-likeness (QED) is 0.477. The van der Waals surface area contributed by atoms with E-state index in [1.54, 1.807) is 14.1 Å². The van der Waals surface area contributed by atoms with Crippen molar-refractivity contribution in [1.29, 1.82) is 0 Å². The van der Waals surface area contributed by atoms with E-state index in [1.807, 2.05) is 0 Å². The first kappa shape index (κ1) is 18.2. The second-order valence-electron chi connectivity index (χ2n) is 1.80. The van der Waals surface area contributed by atoms with Gasteiger partial charge in [0.15, 0.2) is 0 Å². The topological polar surface area (TPSA) is 104 Å². The van der Waals surface area contributed by atoms with Crippen LogP contribution in [0.15, 0.2) is 0 Å². The van der Waals surface area contributed by atoms with Crippen LogP contribution in [0.4, 0.5) is 0 Å². The fourth-order valence-electron chi connectivity index (χ4n) is 0.289. The van der Waals surface area contributed by atoms with Crippen LogP contribution in [0.25, 0.3) is 0 Å². The Labute approximate surface area is 87.2 Å². The summed E-state index contributed by atoms with van der Waals surface area (Å²) in [7, 11) is 3.10. The maximum Gasteiger partial charge on any atom is 2.00 e. The molecule has 0 spiro atoms. The molecule has 2 N–H and O–H groups in total. The van der Waals surface area contributed by atoms with Crippen LogP contribution in [0.3, 0.4) is 0 Å². The van der Waals surface area contributed by atoms with E-state index in [0.29, 0.717) is 0 Å². The van der Waals surface area contributed by atoms with Crippen LogP contribution < -0.4 is 20.8 Å². The summed E-state index contributed by atoms with van der Waals surface area (Å²) in [6, 6.07) is 0. The Bertz CT molecular complexity index is 127. The molecule has 0 saturated heterocycles.